The van der Waals surface area contributed by atoms with Crippen LogP contribution in [0.25, 0.3) is 0 Å². The Kier molecular flexibility index (Phi) is 4.79. The van der Waals surface area contributed by atoms with Crippen molar-refractivity contribution in [3.8, 4) is 0 Å². The molecule has 2 rings (SSSR count). The van der Waals surface area contributed by atoms with Crippen LogP contribution in [-0.2, 0) is 4.74 Å². The molecule has 0 amide bonds. The number of nitro benzene ring substituents is 1. The van der Waals surface area contributed by atoms with E-state index in [2.05, 4.69) is 5.32 Å². The molecule has 1 aliphatic heterocycles. The molecule has 1 aromatic rings. The number of para-hydroxylation sites is 1. The van der Waals surface area contributed by atoms with Gasteiger partial charge in [-0.15, -0.1) is 0 Å². The minimum atomic E-state index is -0.318. The second-order valence-electron chi connectivity index (χ2n) is 5.12. The molecular formula is C14H21N3O3. The first-order chi connectivity index (χ1) is 9.63. The van der Waals surface area contributed by atoms with Gasteiger partial charge in [0.2, 0.25) is 0 Å². The number of nitrogens with zero attached hydrogens (tertiary/aromatic N) is 2. The summed E-state index contributed by atoms with van der Waals surface area (Å²) >= 11 is 0. The van der Waals surface area contributed by atoms with Crippen molar-refractivity contribution in [2.75, 3.05) is 44.1 Å². The van der Waals surface area contributed by atoms with Gasteiger partial charge in [-0.1, -0.05) is 6.07 Å². The summed E-state index contributed by atoms with van der Waals surface area (Å²) in [5.74, 6) is 0.534. The van der Waals surface area contributed by atoms with Gasteiger partial charge >= 0.3 is 5.69 Å². The Morgan fingerprint density at radius 1 is 1.45 bits per heavy atom. The normalized spacial score (nSPS) is 15.9. The summed E-state index contributed by atoms with van der Waals surface area (Å²) in [7, 11) is 3.61. The fourth-order valence-corrected chi connectivity index (χ4v) is 2.65. The van der Waals surface area contributed by atoms with E-state index in [1.54, 1.807) is 19.2 Å². The zero-order valence-electron chi connectivity index (χ0n) is 12.0. The van der Waals surface area contributed by atoms with Crippen molar-refractivity contribution in [1.82, 2.24) is 0 Å². The van der Waals surface area contributed by atoms with Gasteiger partial charge in [0.1, 0.15) is 11.4 Å². The van der Waals surface area contributed by atoms with Crippen LogP contribution in [0.3, 0.4) is 0 Å². The number of anilines is 2. The predicted octanol–water partition coefficient (Wildman–Crippen LogP) is 2.50. The average Bonchev–Trinajstić information content (AvgIpc) is 2.47. The fraction of sp³-hybridized carbons (Fsp3) is 0.571. The molecule has 0 atom stereocenters. The van der Waals surface area contributed by atoms with E-state index < -0.39 is 0 Å². The molecule has 1 aliphatic rings. The maximum atomic E-state index is 11.3. The topological polar surface area (TPSA) is 67.6 Å². The molecular weight excluding hydrogens is 258 g/mol. The average molecular weight is 279 g/mol. The minimum absolute atomic E-state index is 0.143. The monoisotopic (exact) mass is 279 g/mol. The van der Waals surface area contributed by atoms with Crippen molar-refractivity contribution in [3.05, 3.63) is 28.3 Å². The summed E-state index contributed by atoms with van der Waals surface area (Å²) in [5, 5.41) is 14.2. The van der Waals surface area contributed by atoms with Crippen LogP contribution in [0.1, 0.15) is 12.8 Å². The van der Waals surface area contributed by atoms with Crippen molar-refractivity contribution in [1.29, 1.82) is 0 Å². The smallest absolute Gasteiger partial charge is 0.315 e. The largest absolute Gasteiger partial charge is 0.382 e. The molecule has 0 radical (unpaired) electrons. The van der Waals surface area contributed by atoms with E-state index in [9.17, 15) is 10.1 Å². The first-order valence-corrected chi connectivity index (χ1v) is 6.87. The number of benzene rings is 1. The summed E-state index contributed by atoms with van der Waals surface area (Å²) in [4.78, 5) is 13.0. The summed E-state index contributed by atoms with van der Waals surface area (Å²) in [6.07, 6.45) is 2.04. The maximum Gasteiger partial charge on any atom is 0.315 e. The number of nitro groups is 1. The van der Waals surface area contributed by atoms with Gasteiger partial charge in [0.15, 0.2) is 0 Å². The van der Waals surface area contributed by atoms with Crippen molar-refractivity contribution in [3.63, 3.8) is 0 Å². The lowest BCUT2D eigenvalue weighted by molar-refractivity contribution is -0.383. The van der Waals surface area contributed by atoms with Crippen molar-refractivity contribution in [2.45, 2.75) is 12.8 Å². The van der Waals surface area contributed by atoms with Crippen molar-refractivity contribution >= 4 is 17.1 Å². The van der Waals surface area contributed by atoms with Crippen LogP contribution in [0.2, 0.25) is 0 Å². The van der Waals surface area contributed by atoms with E-state index in [4.69, 9.17) is 4.74 Å². The van der Waals surface area contributed by atoms with Gasteiger partial charge < -0.3 is 15.0 Å². The third-order valence-electron chi connectivity index (χ3n) is 3.75. The quantitative estimate of drug-likeness (QED) is 0.662. The van der Waals surface area contributed by atoms with E-state index in [0.717, 1.165) is 32.6 Å². The molecule has 0 aliphatic carbocycles. The highest BCUT2D eigenvalue weighted by Gasteiger charge is 2.24. The molecule has 6 heteroatoms. The highest BCUT2D eigenvalue weighted by atomic mass is 16.6. The summed E-state index contributed by atoms with van der Waals surface area (Å²) < 4.78 is 5.35. The van der Waals surface area contributed by atoms with Gasteiger partial charge in [-0.2, -0.15) is 0 Å². The highest BCUT2D eigenvalue weighted by molar-refractivity contribution is 5.76. The predicted molar refractivity (Wildman–Crippen MR) is 79.5 cm³/mol. The molecule has 20 heavy (non-hydrogen) atoms. The van der Waals surface area contributed by atoms with Gasteiger partial charge in [-0.3, -0.25) is 10.1 Å². The van der Waals surface area contributed by atoms with Gasteiger partial charge in [0.25, 0.3) is 0 Å². The fourth-order valence-electron chi connectivity index (χ4n) is 2.65. The standard InChI is InChI=1S/C14H21N3O3/c1-15-12-4-3-5-13(14(12)17(18)19)16(2)10-11-6-8-20-9-7-11/h3-5,11,15H,6-10H2,1-2H3. The Hall–Kier alpha value is -1.82. The lowest BCUT2D eigenvalue weighted by Crippen LogP contribution is -2.30. The van der Waals surface area contributed by atoms with Gasteiger partial charge in [-0.25, -0.2) is 0 Å². The Balaban J connectivity index is 2.19. The zero-order valence-corrected chi connectivity index (χ0v) is 12.0. The SMILES string of the molecule is CNc1cccc(N(C)CC2CCOCC2)c1[N+](=O)[O-]. The molecule has 1 heterocycles. The number of hydrogen-bond donors (Lipinski definition) is 1. The highest BCUT2D eigenvalue weighted by Crippen LogP contribution is 2.35. The Morgan fingerprint density at radius 3 is 2.75 bits per heavy atom. The van der Waals surface area contributed by atoms with Crippen LogP contribution in [-0.4, -0.2) is 38.8 Å². The molecule has 110 valence electrons. The summed E-state index contributed by atoms with van der Waals surface area (Å²) in [6, 6.07) is 5.37. The van der Waals surface area contributed by atoms with Gasteiger partial charge in [-0.05, 0) is 30.9 Å². The second kappa shape index (κ2) is 6.56. The molecule has 1 N–H and O–H groups in total. The first-order valence-electron chi connectivity index (χ1n) is 6.87. The molecule has 0 spiro atoms. The van der Waals surface area contributed by atoms with Crippen LogP contribution >= 0.6 is 0 Å². The third-order valence-corrected chi connectivity index (χ3v) is 3.75. The van der Waals surface area contributed by atoms with E-state index >= 15 is 0 Å². The van der Waals surface area contributed by atoms with Crippen molar-refractivity contribution in [2.24, 2.45) is 5.92 Å². The molecule has 1 saturated heterocycles. The van der Waals surface area contributed by atoms with Gasteiger partial charge in [0, 0.05) is 33.9 Å². The Morgan fingerprint density at radius 2 is 2.15 bits per heavy atom. The maximum absolute atomic E-state index is 11.3. The molecule has 0 unspecified atom stereocenters. The summed E-state index contributed by atoms with van der Waals surface area (Å²) in [5.41, 5.74) is 1.35. The first kappa shape index (κ1) is 14.6. The van der Waals surface area contributed by atoms with Crippen LogP contribution < -0.4 is 10.2 Å². The van der Waals surface area contributed by atoms with Crippen LogP contribution in [0, 0.1) is 16.0 Å². The van der Waals surface area contributed by atoms with E-state index in [1.165, 1.54) is 0 Å². The van der Waals surface area contributed by atoms with E-state index in [1.807, 2.05) is 18.0 Å². The zero-order chi connectivity index (χ0) is 14.5. The number of rotatable bonds is 5. The summed E-state index contributed by atoms with van der Waals surface area (Å²) in [6.45, 7) is 2.39. The lowest BCUT2D eigenvalue weighted by atomic mass is 9.99. The third kappa shape index (κ3) is 3.19. The molecule has 1 fully saturated rings. The molecule has 6 nitrogen and oxygen atoms in total. The van der Waals surface area contributed by atoms with Crippen molar-refractivity contribution < 1.29 is 9.66 Å². The lowest BCUT2D eigenvalue weighted by Gasteiger charge is -2.28. The Labute approximate surface area is 118 Å². The Bertz CT molecular complexity index is 473. The minimum Gasteiger partial charge on any atom is -0.382 e. The molecule has 0 saturated carbocycles. The second-order valence-corrected chi connectivity index (χ2v) is 5.12. The van der Waals surface area contributed by atoms with Gasteiger partial charge in [0.05, 0.1) is 4.92 Å². The van der Waals surface area contributed by atoms with E-state index in [0.29, 0.717) is 17.3 Å². The molecule has 1 aromatic carbocycles. The van der Waals surface area contributed by atoms with Crippen LogP contribution in [0.5, 0.6) is 0 Å². The molecule has 0 aromatic heterocycles. The van der Waals surface area contributed by atoms with Crippen LogP contribution in [0.15, 0.2) is 18.2 Å². The van der Waals surface area contributed by atoms with E-state index in [-0.39, 0.29) is 10.6 Å². The number of nitrogens with one attached hydrogen (secondary N) is 1. The number of hydrogen-bond acceptors (Lipinski definition) is 5. The number of ether oxygens (including phenoxy) is 1. The molecule has 0 bridgehead atoms. The van der Waals surface area contributed by atoms with Crippen LogP contribution in [0.4, 0.5) is 17.1 Å².